The molecule has 3 aliphatic rings. The van der Waals surface area contributed by atoms with Crippen molar-refractivity contribution < 1.29 is 4.39 Å². The number of nitrogens with one attached hydrogen (secondary N) is 1. The zero-order chi connectivity index (χ0) is 29.6. The summed E-state index contributed by atoms with van der Waals surface area (Å²) in [7, 11) is 1.99. The summed E-state index contributed by atoms with van der Waals surface area (Å²) in [6, 6.07) is 9.73. The molecule has 1 spiro atoms. The Morgan fingerprint density at radius 1 is 1.27 bits per heavy atom. The van der Waals surface area contributed by atoms with E-state index >= 15 is 0 Å². The molecule has 0 saturated heterocycles. The lowest BCUT2D eigenvalue weighted by Gasteiger charge is -2.50. The zero-order valence-electron chi connectivity index (χ0n) is 25.2. The summed E-state index contributed by atoms with van der Waals surface area (Å²) in [6.07, 6.45) is 9.20. The van der Waals surface area contributed by atoms with E-state index in [1.165, 1.54) is 29.0 Å². The minimum Gasteiger partial charge on any atom is -0.369 e. The molecule has 5 rings (SSSR count). The molecule has 41 heavy (non-hydrogen) atoms. The molecule has 0 unspecified atom stereocenters. The number of aliphatic imine (C=N–C) groups is 2. The monoisotopic (exact) mass is 577 g/mol. The molecule has 2 aromatic rings. The fourth-order valence-corrected chi connectivity index (χ4v) is 6.48. The Kier molecular flexibility index (Phi) is 10.3. The van der Waals surface area contributed by atoms with Gasteiger partial charge in [-0.2, -0.15) is 0 Å². The number of aromatic nitrogens is 1. The molecule has 1 aliphatic heterocycles. The first-order chi connectivity index (χ1) is 19.9. The number of fused-ring (bicyclic) bond motifs is 2. The van der Waals surface area contributed by atoms with Gasteiger partial charge in [-0.1, -0.05) is 39.8 Å². The van der Waals surface area contributed by atoms with Crippen LogP contribution in [0.25, 0.3) is 5.70 Å². The van der Waals surface area contributed by atoms with Crippen LogP contribution in [0, 0.1) is 5.82 Å². The van der Waals surface area contributed by atoms with Gasteiger partial charge in [0.15, 0.2) is 0 Å². The maximum atomic E-state index is 13.5. The summed E-state index contributed by atoms with van der Waals surface area (Å²) in [5.41, 5.74) is 13.7. The van der Waals surface area contributed by atoms with E-state index in [2.05, 4.69) is 65.2 Å². The SMILES string of the molecule is C/C=C(/CN(CC)C[C@@H]1SN(C)C(N)=N[C@@]12Cc1ccc(NC(=C3CC3)c3ccc(F)cn3)cc12)N=CCC.CC. The van der Waals surface area contributed by atoms with E-state index in [4.69, 9.17) is 10.7 Å². The van der Waals surface area contributed by atoms with Crippen molar-refractivity contribution in [3.05, 3.63) is 76.5 Å². The van der Waals surface area contributed by atoms with Gasteiger partial charge in [0.05, 0.1) is 22.8 Å². The van der Waals surface area contributed by atoms with E-state index in [1.54, 1.807) is 18.0 Å². The van der Waals surface area contributed by atoms with Crippen LogP contribution in [-0.2, 0) is 12.0 Å². The minimum absolute atomic E-state index is 0.200. The molecule has 220 valence electrons. The standard InChI is InChI=1S/C30H38FN7S.C2H6/c1-5-14-33-23(6-2)18-38(7-3)19-27-30(36-29(32)37(4)39-27)16-21-10-12-24(15-25(21)30)35-28(20-8-9-20)26-13-11-22(31)17-34-26;1-2/h6,10-15,17,27,35H,5,7-9,16,18-19H2,1-4H3,(H2,32,36);1-2H3/b23-6-,33-14?;/t27-,30+;/m0./s1. The van der Waals surface area contributed by atoms with Crippen molar-refractivity contribution in [3.8, 4) is 0 Å². The number of nitrogens with zero attached hydrogens (tertiary/aromatic N) is 5. The van der Waals surface area contributed by atoms with Gasteiger partial charge >= 0.3 is 0 Å². The average Bonchev–Trinajstić information content (AvgIpc) is 3.82. The van der Waals surface area contributed by atoms with Crippen LogP contribution in [-0.4, -0.2) is 58.3 Å². The minimum atomic E-state index is -0.383. The van der Waals surface area contributed by atoms with Gasteiger partial charge in [-0.15, -0.1) is 0 Å². The Balaban J connectivity index is 0.00000189. The number of anilines is 1. The van der Waals surface area contributed by atoms with E-state index in [-0.39, 0.29) is 16.6 Å². The summed E-state index contributed by atoms with van der Waals surface area (Å²) < 4.78 is 15.5. The Bertz CT molecular complexity index is 1330. The number of pyridine rings is 1. The van der Waals surface area contributed by atoms with Crippen molar-refractivity contribution in [1.82, 2.24) is 14.2 Å². The third kappa shape index (κ3) is 6.84. The van der Waals surface area contributed by atoms with E-state index < -0.39 is 0 Å². The second-order valence-corrected chi connectivity index (χ2v) is 11.7. The highest BCUT2D eigenvalue weighted by atomic mass is 32.2. The second kappa shape index (κ2) is 13.7. The van der Waals surface area contributed by atoms with E-state index in [9.17, 15) is 4.39 Å². The maximum Gasteiger partial charge on any atom is 0.202 e. The van der Waals surface area contributed by atoms with Crippen LogP contribution in [0.15, 0.2) is 63.9 Å². The van der Waals surface area contributed by atoms with Gasteiger partial charge in [-0.25, -0.2) is 9.38 Å². The van der Waals surface area contributed by atoms with Gasteiger partial charge in [-0.05, 0) is 85.6 Å². The summed E-state index contributed by atoms with van der Waals surface area (Å²) in [6.45, 7) is 12.9. The topological polar surface area (TPSA) is 82.1 Å². The molecule has 1 saturated carbocycles. The molecule has 1 aromatic heterocycles. The Hall–Kier alpha value is -3.17. The van der Waals surface area contributed by atoms with Crippen molar-refractivity contribution in [3.63, 3.8) is 0 Å². The number of hydrogen-bond donors (Lipinski definition) is 2. The van der Waals surface area contributed by atoms with Crippen molar-refractivity contribution in [1.29, 1.82) is 0 Å². The van der Waals surface area contributed by atoms with Crippen LogP contribution in [0.3, 0.4) is 0 Å². The Morgan fingerprint density at radius 3 is 2.68 bits per heavy atom. The van der Waals surface area contributed by atoms with Gasteiger partial charge < -0.3 is 11.1 Å². The molecule has 3 N–H and O–H groups in total. The van der Waals surface area contributed by atoms with Gasteiger partial charge in [0.2, 0.25) is 5.96 Å². The van der Waals surface area contributed by atoms with Crippen LogP contribution in [0.1, 0.15) is 70.7 Å². The lowest BCUT2D eigenvalue weighted by molar-refractivity contribution is 0.252. The van der Waals surface area contributed by atoms with Crippen LogP contribution in [0.5, 0.6) is 0 Å². The molecule has 0 radical (unpaired) electrons. The largest absolute Gasteiger partial charge is 0.369 e. The lowest BCUT2D eigenvalue weighted by Crippen LogP contribution is -2.56. The first-order valence-electron chi connectivity index (χ1n) is 14.8. The number of benzene rings is 1. The zero-order valence-corrected chi connectivity index (χ0v) is 26.1. The highest BCUT2D eigenvalue weighted by Gasteiger charge is 2.52. The molecule has 7 nitrogen and oxygen atoms in total. The van der Waals surface area contributed by atoms with E-state index in [0.717, 1.165) is 68.1 Å². The van der Waals surface area contributed by atoms with Crippen molar-refractivity contribution in [2.75, 3.05) is 32.0 Å². The number of hydrogen-bond acceptors (Lipinski definition) is 8. The number of rotatable bonds is 10. The molecule has 2 aliphatic carbocycles. The molecular formula is C32H44FN7S. The Morgan fingerprint density at radius 2 is 2.05 bits per heavy atom. The number of allylic oxidation sites excluding steroid dienone is 2. The third-order valence-corrected chi connectivity index (χ3v) is 8.92. The van der Waals surface area contributed by atoms with Crippen LogP contribution < -0.4 is 11.1 Å². The number of nitrogens with two attached hydrogens (primary N) is 1. The number of halogens is 1. The first kappa shape index (κ1) is 30.8. The molecular weight excluding hydrogens is 533 g/mol. The van der Waals surface area contributed by atoms with Crippen LogP contribution >= 0.6 is 11.9 Å². The predicted molar refractivity (Wildman–Crippen MR) is 173 cm³/mol. The van der Waals surface area contributed by atoms with E-state index in [0.29, 0.717) is 5.96 Å². The van der Waals surface area contributed by atoms with Crippen molar-refractivity contribution >= 4 is 35.5 Å². The van der Waals surface area contributed by atoms with Crippen LogP contribution in [0.2, 0.25) is 0 Å². The fraction of sp³-hybridized carbons (Fsp3) is 0.469. The van der Waals surface area contributed by atoms with Crippen LogP contribution in [0.4, 0.5) is 10.1 Å². The lowest BCUT2D eigenvalue weighted by atomic mass is 9.68. The molecule has 0 amide bonds. The van der Waals surface area contributed by atoms with Gasteiger partial charge in [-0.3, -0.25) is 19.2 Å². The summed E-state index contributed by atoms with van der Waals surface area (Å²) in [4.78, 5) is 16.6. The molecule has 1 fully saturated rings. The van der Waals surface area contributed by atoms with Gasteiger partial charge in [0.25, 0.3) is 0 Å². The normalized spacial score (nSPS) is 21.3. The summed E-state index contributed by atoms with van der Waals surface area (Å²) in [5.74, 6) is 0.226. The Labute approximate surface area is 249 Å². The average molecular weight is 578 g/mol. The fourth-order valence-electron chi connectivity index (χ4n) is 5.24. The second-order valence-electron chi connectivity index (χ2n) is 10.3. The van der Waals surface area contributed by atoms with Crippen molar-refractivity contribution in [2.45, 2.75) is 71.1 Å². The number of likely N-dealkylation sites (N-methyl/N-ethyl adjacent to an activating group) is 1. The quantitative estimate of drug-likeness (QED) is 0.245. The smallest absolute Gasteiger partial charge is 0.202 e. The molecule has 2 heterocycles. The molecule has 9 heteroatoms. The summed E-state index contributed by atoms with van der Waals surface area (Å²) in [5, 5.41) is 3.80. The third-order valence-electron chi connectivity index (χ3n) is 7.63. The highest BCUT2D eigenvalue weighted by molar-refractivity contribution is 7.98. The molecule has 1 aromatic carbocycles. The first-order valence-corrected chi connectivity index (χ1v) is 15.6. The van der Waals surface area contributed by atoms with Gasteiger partial charge in [0.1, 0.15) is 11.4 Å². The number of guanidine groups is 1. The maximum absolute atomic E-state index is 13.5. The van der Waals surface area contributed by atoms with Gasteiger partial charge in [0, 0.05) is 44.2 Å². The molecule has 0 bridgehead atoms. The molecule has 2 atom stereocenters. The van der Waals surface area contributed by atoms with Crippen molar-refractivity contribution in [2.24, 2.45) is 15.7 Å². The summed E-state index contributed by atoms with van der Waals surface area (Å²) >= 11 is 1.77. The van der Waals surface area contributed by atoms with E-state index in [1.807, 2.05) is 31.4 Å². The highest BCUT2D eigenvalue weighted by Crippen LogP contribution is 2.52. The predicted octanol–water partition coefficient (Wildman–Crippen LogP) is 6.60.